The Morgan fingerprint density at radius 1 is 1.09 bits per heavy atom. The first-order valence-electron chi connectivity index (χ1n) is 12.1. The second-order valence-corrected chi connectivity index (χ2v) is 10.7. The van der Waals surface area contributed by atoms with Gasteiger partial charge in [0.15, 0.2) is 0 Å². The van der Waals surface area contributed by atoms with Crippen molar-refractivity contribution in [3.8, 4) is 0 Å². The van der Waals surface area contributed by atoms with Gasteiger partial charge in [0.2, 0.25) is 5.91 Å². The van der Waals surface area contributed by atoms with Crippen LogP contribution in [0.2, 0.25) is 5.02 Å². The van der Waals surface area contributed by atoms with Gasteiger partial charge in [0.05, 0.1) is 16.2 Å². The molecule has 2 aromatic rings. The summed E-state index contributed by atoms with van der Waals surface area (Å²) in [5.41, 5.74) is 0.822. The maximum absolute atomic E-state index is 12.7. The van der Waals surface area contributed by atoms with Gasteiger partial charge in [-0.1, -0.05) is 30.9 Å². The molecule has 2 heterocycles. The molecule has 1 N–H and O–H groups in total. The number of halogens is 1. The Labute approximate surface area is 201 Å². The van der Waals surface area contributed by atoms with Crippen LogP contribution in [0.5, 0.6) is 0 Å². The molecule has 7 heteroatoms. The van der Waals surface area contributed by atoms with Crippen molar-refractivity contribution in [1.29, 1.82) is 0 Å². The van der Waals surface area contributed by atoms with Crippen molar-refractivity contribution in [2.45, 2.75) is 83.8 Å². The Morgan fingerprint density at radius 2 is 1.85 bits per heavy atom. The molecule has 178 valence electrons. The van der Waals surface area contributed by atoms with Crippen LogP contribution in [0.25, 0.3) is 10.9 Å². The average Bonchev–Trinajstić information content (AvgIpc) is 3.25. The van der Waals surface area contributed by atoms with E-state index in [1.165, 1.54) is 19.3 Å². The summed E-state index contributed by atoms with van der Waals surface area (Å²) in [4.78, 5) is 32.3. The minimum Gasteiger partial charge on any atom is -0.458 e. The van der Waals surface area contributed by atoms with Crippen LogP contribution in [-0.2, 0) is 14.3 Å². The van der Waals surface area contributed by atoms with Gasteiger partial charge in [0.1, 0.15) is 17.5 Å². The molecule has 1 aromatic carbocycles. The fraction of sp³-hybridized carbons (Fsp3) is 0.577. The Hall–Kier alpha value is -2.34. The molecule has 0 spiro atoms. The zero-order chi connectivity index (χ0) is 23.6. The molecular weight excluding hydrogens is 438 g/mol. The van der Waals surface area contributed by atoms with Crippen LogP contribution in [0, 0.1) is 5.92 Å². The van der Waals surface area contributed by atoms with E-state index in [-0.39, 0.29) is 17.9 Å². The predicted octanol–water partition coefficient (Wildman–Crippen LogP) is 6.11. The van der Waals surface area contributed by atoms with Crippen molar-refractivity contribution in [1.82, 2.24) is 4.98 Å². The van der Waals surface area contributed by atoms with E-state index in [0.717, 1.165) is 48.9 Å². The maximum atomic E-state index is 12.7. The monoisotopic (exact) mass is 471 g/mol. The molecule has 2 fully saturated rings. The lowest BCUT2D eigenvalue weighted by Gasteiger charge is -2.28. The van der Waals surface area contributed by atoms with Crippen molar-refractivity contribution >= 4 is 45.9 Å². The van der Waals surface area contributed by atoms with Crippen LogP contribution in [0.1, 0.15) is 72.1 Å². The number of amides is 1. The highest BCUT2D eigenvalue weighted by atomic mass is 35.5. The first kappa shape index (κ1) is 23.8. The van der Waals surface area contributed by atoms with E-state index in [2.05, 4.69) is 5.32 Å². The molecule has 1 aliphatic heterocycles. The molecule has 1 saturated carbocycles. The van der Waals surface area contributed by atoms with Crippen LogP contribution < -0.4 is 10.2 Å². The third-order valence-electron chi connectivity index (χ3n) is 6.49. The number of carbonyl (C=O) groups excluding carboxylic acids is 2. The Bertz CT molecular complexity index is 1030. The zero-order valence-electron chi connectivity index (χ0n) is 19.8. The summed E-state index contributed by atoms with van der Waals surface area (Å²) >= 11 is 6.47. The smallest absolute Gasteiger partial charge is 0.329 e. The number of fused-ring (bicyclic) bond motifs is 1. The molecule has 33 heavy (non-hydrogen) atoms. The number of hydrogen-bond donors (Lipinski definition) is 1. The highest BCUT2D eigenvalue weighted by Crippen LogP contribution is 2.34. The normalized spacial score (nSPS) is 19.6. The third-order valence-corrected chi connectivity index (χ3v) is 6.81. The van der Waals surface area contributed by atoms with E-state index in [1.54, 1.807) is 6.07 Å². The second-order valence-electron chi connectivity index (χ2n) is 10.3. The molecule has 1 saturated heterocycles. The van der Waals surface area contributed by atoms with Crippen molar-refractivity contribution in [2.24, 2.45) is 5.92 Å². The summed E-state index contributed by atoms with van der Waals surface area (Å²) in [6.07, 6.45) is 8.12. The van der Waals surface area contributed by atoms with Crippen LogP contribution in [0.3, 0.4) is 0 Å². The first-order chi connectivity index (χ1) is 15.7. The number of aromatic nitrogens is 1. The fourth-order valence-corrected chi connectivity index (χ4v) is 5.17. The minimum absolute atomic E-state index is 0.00455. The Kier molecular flexibility index (Phi) is 7.13. The van der Waals surface area contributed by atoms with Gasteiger partial charge >= 0.3 is 5.97 Å². The lowest BCUT2D eigenvalue weighted by atomic mass is 9.87. The van der Waals surface area contributed by atoms with Gasteiger partial charge in [-0.3, -0.25) is 4.79 Å². The number of nitrogens with one attached hydrogen (secondary N) is 1. The quantitative estimate of drug-likeness (QED) is 0.533. The van der Waals surface area contributed by atoms with Gasteiger partial charge in [-0.25, -0.2) is 9.78 Å². The number of anilines is 2. The Morgan fingerprint density at radius 3 is 2.58 bits per heavy atom. The molecule has 1 aliphatic carbocycles. The number of pyridine rings is 1. The maximum Gasteiger partial charge on any atom is 0.329 e. The number of esters is 1. The number of hydrogen-bond acceptors (Lipinski definition) is 5. The number of rotatable bonds is 5. The first-order valence-corrected chi connectivity index (χ1v) is 12.5. The molecule has 6 nitrogen and oxygen atoms in total. The predicted molar refractivity (Wildman–Crippen MR) is 133 cm³/mol. The largest absolute Gasteiger partial charge is 0.458 e. The number of ether oxygens (including phenoxy) is 1. The summed E-state index contributed by atoms with van der Waals surface area (Å²) in [6, 6.07) is 7.13. The molecule has 1 amide bonds. The number of benzene rings is 1. The fourth-order valence-electron chi connectivity index (χ4n) is 4.95. The summed E-state index contributed by atoms with van der Waals surface area (Å²) in [5, 5.41) is 4.35. The molecule has 0 unspecified atom stereocenters. The van der Waals surface area contributed by atoms with Crippen molar-refractivity contribution < 1.29 is 14.3 Å². The van der Waals surface area contributed by atoms with Crippen LogP contribution in [0.4, 0.5) is 11.5 Å². The van der Waals surface area contributed by atoms with Crippen LogP contribution >= 0.6 is 11.6 Å². The molecule has 4 rings (SSSR count). The molecule has 1 atom stereocenters. The van der Waals surface area contributed by atoms with Gasteiger partial charge in [0.25, 0.3) is 0 Å². The topological polar surface area (TPSA) is 71.5 Å². The van der Waals surface area contributed by atoms with Gasteiger partial charge in [-0.15, -0.1) is 0 Å². The van der Waals surface area contributed by atoms with Crippen molar-refractivity contribution in [3.05, 3.63) is 29.3 Å². The van der Waals surface area contributed by atoms with E-state index >= 15 is 0 Å². The minimum atomic E-state index is -0.524. The summed E-state index contributed by atoms with van der Waals surface area (Å²) < 4.78 is 5.63. The number of carbonyl (C=O) groups is 2. The number of nitrogens with zero attached hydrogens (tertiary/aromatic N) is 2. The van der Waals surface area contributed by atoms with E-state index in [1.807, 2.05) is 43.9 Å². The summed E-state index contributed by atoms with van der Waals surface area (Å²) in [6.45, 7) is 6.39. The van der Waals surface area contributed by atoms with Gasteiger partial charge < -0.3 is 15.0 Å². The summed E-state index contributed by atoms with van der Waals surface area (Å²) in [5.74, 6) is 0.980. The summed E-state index contributed by atoms with van der Waals surface area (Å²) in [7, 11) is 0. The highest BCUT2D eigenvalue weighted by Gasteiger charge is 2.35. The van der Waals surface area contributed by atoms with E-state index < -0.39 is 5.60 Å². The molecule has 0 radical (unpaired) electrons. The van der Waals surface area contributed by atoms with Crippen molar-refractivity contribution in [3.63, 3.8) is 0 Å². The SMILES string of the molecule is CC(C)(C)OC(=O)[C@@H]1CCCN1c1ccc2c(NC(=O)CC3CCCCC3)c(Cl)ccc2n1. The van der Waals surface area contributed by atoms with Gasteiger partial charge in [0, 0.05) is 18.4 Å². The average molecular weight is 472 g/mol. The molecule has 1 aromatic heterocycles. The zero-order valence-corrected chi connectivity index (χ0v) is 20.6. The van der Waals surface area contributed by atoms with E-state index in [4.69, 9.17) is 21.3 Å². The molecule has 2 aliphatic rings. The van der Waals surface area contributed by atoms with E-state index in [9.17, 15) is 9.59 Å². The molecule has 0 bridgehead atoms. The van der Waals surface area contributed by atoms with Gasteiger partial charge in [-0.2, -0.15) is 0 Å². The third kappa shape index (κ3) is 5.78. The lowest BCUT2D eigenvalue weighted by molar-refractivity contribution is -0.156. The van der Waals surface area contributed by atoms with Crippen molar-refractivity contribution in [2.75, 3.05) is 16.8 Å². The lowest BCUT2D eigenvalue weighted by Crippen LogP contribution is -2.40. The van der Waals surface area contributed by atoms with Crippen LogP contribution in [0.15, 0.2) is 24.3 Å². The van der Waals surface area contributed by atoms with E-state index in [0.29, 0.717) is 23.0 Å². The Balaban J connectivity index is 1.54. The second kappa shape index (κ2) is 9.88. The standard InChI is InChI=1S/C26H34ClN3O3/c1-26(2,3)33-25(32)21-10-7-15-30(21)22-14-11-18-20(28-22)13-12-19(27)24(18)29-23(31)16-17-8-5-4-6-9-17/h11-14,17,21H,4-10,15-16H2,1-3H3,(H,29,31)/t21-/m0/s1. The highest BCUT2D eigenvalue weighted by molar-refractivity contribution is 6.35. The van der Waals surface area contributed by atoms with Crippen LogP contribution in [-0.4, -0.2) is 35.0 Å². The molecular formula is C26H34ClN3O3. The van der Waals surface area contributed by atoms with Gasteiger partial charge in [-0.05, 0) is 76.6 Å².